The molecule has 0 radical (unpaired) electrons. The minimum Gasteiger partial charge on any atom is -0.744 e. The lowest BCUT2D eigenvalue weighted by Crippen LogP contribution is -2.46. The molecule has 0 atom stereocenters. The number of aliphatic hydroxyl groups is 1. The van der Waals surface area contributed by atoms with Gasteiger partial charge in [0, 0.05) is 6.61 Å². The summed E-state index contributed by atoms with van der Waals surface area (Å²) < 4.78 is 32.4. The van der Waals surface area contributed by atoms with Crippen LogP contribution in [0.3, 0.4) is 0 Å². The molecule has 1 aromatic rings. The van der Waals surface area contributed by atoms with Crippen LogP contribution < -0.4 is 0 Å². The fraction of sp³-hybridized carbons (Fsp3) is 0.786. The second-order valence-corrected chi connectivity index (χ2v) is 11.4. The first kappa shape index (κ1) is 33.0. The summed E-state index contributed by atoms with van der Waals surface area (Å²) in [7, 11) is -1.82. The van der Waals surface area contributed by atoms with Crippen molar-refractivity contribution in [2.75, 3.05) is 33.3 Å². The van der Waals surface area contributed by atoms with E-state index in [9.17, 15) is 13.0 Å². The summed E-state index contributed by atoms with van der Waals surface area (Å²) in [5, 5.41) is 9.05. The summed E-state index contributed by atoms with van der Waals surface area (Å²) >= 11 is 0. The van der Waals surface area contributed by atoms with Gasteiger partial charge in [-0.3, -0.25) is 0 Å². The van der Waals surface area contributed by atoms with Crippen molar-refractivity contribution in [1.82, 2.24) is 0 Å². The maximum atomic E-state index is 10.4. The summed E-state index contributed by atoms with van der Waals surface area (Å²) in [5.74, 6) is 0. The molecule has 1 aromatic carbocycles. The molecular weight excluding hydrogens is 446 g/mol. The van der Waals surface area contributed by atoms with Gasteiger partial charge in [0.25, 0.3) is 0 Å². The van der Waals surface area contributed by atoms with Crippen LogP contribution in [0.1, 0.15) is 109 Å². The average Bonchev–Trinajstić information content (AvgIpc) is 2.79. The number of rotatable bonds is 19. The van der Waals surface area contributed by atoms with E-state index in [2.05, 4.69) is 20.9 Å². The van der Waals surface area contributed by atoms with Crippen LogP contribution in [0.4, 0.5) is 0 Å². The first-order valence-corrected chi connectivity index (χ1v) is 15.1. The van der Waals surface area contributed by atoms with E-state index in [0.717, 1.165) is 12.0 Å². The van der Waals surface area contributed by atoms with Gasteiger partial charge >= 0.3 is 0 Å². The molecule has 0 bridgehead atoms. The molecule has 5 nitrogen and oxygen atoms in total. The van der Waals surface area contributed by atoms with Crippen molar-refractivity contribution in [2.45, 2.75) is 116 Å². The van der Waals surface area contributed by atoms with Crippen LogP contribution in [0, 0.1) is 6.92 Å². The van der Waals surface area contributed by atoms with E-state index in [0.29, 0.717) is 6.61 Å². The molecule has 0 fully saturated rings. The van der Waals surface area contributed by atoms with Crippen LogP contribution in [0.5, 0.6) is 0 Å². The van der Waals surface area contributed by atoms with E-state index in [1.165, 1.54) is 120 Å². The van der Waals surface area contributed by atoms with Gasteiger partial charge in [-0.15, -0.1) is 0 Å². The lowest BCUT2D eigenvalue weighted by Gasteiger charge is -2.35. The molecule has 0 saturated heterocycles. The molecule has 0 heterocycles. The monoisotopic (exact) mass is 499 g/mol. The molecule has 0 amide bonds. The number of aliphatic hydroxyl groups excluding tert-OH is 1. The van der Waals surface area contributed by atoms with Gasteiger partial charge in [0.05, 0.1) is 31.6 Å². The normalized spacial score (nSPS) is 11.8. The quantitative estimate of drug-likeness (QED) is 0.129. The van der Waals surface area contributed by atoms with Crippen LogP contribution in [-0.2, 0) is 10.1 Å². The standard InChI is InChI=1S/C21H46NO.C7H8O3S/c1-4-6-8-10-12-14-18-22(3,20-16-17-21-23)19-15-13-11-9-7-5-2;1-6-2-4-7(5-3-6)11(8,9)10/h23H,4-21H2,1-3H3;2-5H,1H3,(H,8,9,10)/q+1;/p-1. The zero-order valence-corrected chi connectivity index (χ0v) is 23.4. The van der Waals surface area contributed by atoms with Crippen LogP contribution in [0.2, 0.25) is 0 Å². The Morgan fingerprint density at radius 3 is 1.47 bits per heavy atom. The van der Waals surface area contributed by atoms with Crippen molar-refractivity contribution in [3.8, 4) is 0 Å². The van der Waals surface area contributed by atoms with E-state index in [1.54, 1.807) is 12.1 Å². The fourth-order valence-corrected chi connectivity index (χ4v) is 4.66. The molecule has 1 rings (SSSR count). The largest absolute Gasteiger partial charge is 0.744 e. The zero-order chi connectivity index (χ0) is 25.7. The molecule has 0 aliphatic rings. The van der Waals surface area contributed by atoms with E-state index < -0.39 is 10.1 Å². The van der Waals surface area contributed by atoms with Crippen LogP contribution in [0.25, 0.3) is 0 Å². The van der Waals surface area contributed by atoms with Crippen LogP contribution >= 0.6 is 0 Å². The number of benzene rings is 1. The summed E-state index contributed by atoms with van der Waals surface area (Å²) in [6, 6.07) is 5.78. The summed E-state index contributed by atoms with van der Waals surface area (Å²) in [4.78, 5) is -0.178. The van der Waals surface area contributed by atoms with E-state index in [-0.39, 0.29) is 4.90 Å². The highest BCUT2D eigenvalue weighted by atomic mass is 32.2. The second-order valence-electron chi connectivity index (χ2n) is 10.0. The third kappa shape index (κ3) is 18.4. The first-order chi connectivity index (χ1) is 16.2. The van der Waals surface area contributed by atoms with Crippen molar-refractivity contribution in [1.29, 1.82) is 0 Å². The summed E-state index contributed by atoms with van der Waals surface area (Å²) in [6.45, 7) is 10.7. The van der Waals surface area contributed by atoms with Crippen molar-refractivity contribution >= 4 is 10.1 Å². The van der Waals surface area contributed by atoms with Gasteiger partial charge in [0.1, 0.15) is 10.1 Å². The number of hydrogen-bond donors (Lipinski definition) is 1. The first-order valence-electron chi connectivity index (χ1n) is 13.7. The second kappa shape index (κ2) is 20.3. The molecule has 1 N–H and O–H groups in total. The Bertz CT molecular complexity index is 673. The Kier molecular flexibility index (Phi) is 19.7. The minimum atomic E-state index is -4.27. The molecule has 200 valence electrons. The molecule has 34 heavy (non-hydrogen) atoms. The van der Waals surface area contributed by atoms with E-state index in [1.807, 2.05) is 6.92 Å². The molecule has 0 unspecified atom stereocenters. The highest BCUT2D eigenvalue weighted by molar-refractivity contribution is 7.85. The molecular formula is C28H53NO4S. The van der Waals surface area contributed by atoms with Crippen molar-refractivity contribution in [3.05, 3.63) is 29.8 Å². The molecule has 0 spiro atoms. The van der Waals surface area contributed by atoms with Gasteiger partial charge in [-0.05, 0) is 57.6 Å². The van der Waals surface area contributed by atoms with Gasteiger partial charge in [-0.25, -0.2) is 8.42 Å². The summed E-state index contributed by atoms with van der Waals surface area (Å²) in [5.41, 5.74) is 0.928. The van der Waals surface area contributed by atoms with Gasteiger partial charge in [0.2, 0.25) is 0 Å². The maximum absolute atomic E-state index is 10.4. The summed E-state index contributed by atoms with van der Waals surface area (Å²) in [6.07, 6.45) is 18.9. The lowest BCUT2D eigenvalue weighted by molar-refractivity contribution is -0.910. The molecule has 0 aliphatic carbocycles. The number of hydrogen-bond acceptors (Lipinski definition) is 4. The maximum Gasteiger partial charge on any atom is 0.124 e. The topological polar surface area (TPSA) is 77.4 Å². The highest BCUT2D eigenvalue weighted by Gasteiger charge is 2.20. The third-order valence-corrected chi connectivity index (χ3v) is 7.37. The zero-order valence-electron chi connectivity index (χ0n) is 22.6. The van der Waals surface area contributed by atoms with Crippen molar-refractivity contribution < 1.29 is 22.6 Å². The average molecular weight is 500 g/mol. The van der Waals surface area contributed by atoms with E-state index in [4.69, 9.17) is 5.11 Å². The van der Waals surface area contributed by atoms with Gasteiger partial charge < -0.3 is 14.1 Å². The lowest BCUT2D eigenvalue weighted by atomic mass is 10.1. The smallest absolute Gasteiger partial charge is 0.124 e. The number of quaternary nitrogens is 1. The van der Waals surface area contributed by atoms with Gasteiger partial charge in [-0.2, -0.15) is 0 Å². The fourth-order valence-electron chi connectivity index (χ4n) is 4.19. The minimum absolute atomic E-state index is 0.178. The Labute approximate surface area is 211 Å². The molecule has 0 aliphatic heterocycles. The number of aryl methyl sites for hydroxylation is 1. The predicted octanol–water partition coefficient (Wildman–Crippen LogP) is 6.83. The number of unbranched alkanes of at least 4 members (excludes halogenated alkanes) is 11. The number of nitrogens with zero attached hydrogens (tertiary/aromatic N) is 1. The molecule has 6 heteroatoms. The predicted molar refractivity (Wildman–Crippen MR) is 143 cm³/mol. The third-order valence-electron chi connectivity index (χ3n) is 6.52. The molecule has 0 aromatic heterocycles. The highest BCUT2D eigenvalue weighted by Crippen LogP contribution is 2.15. The van der Waals surface area contributed by atoms with Crippen LogP contribution in [0.15, 0.2) is 29.2 Å². The SMILES string of the molecule is CCCCCCCC[N+](C)(CCCCO)CCCCCCCC.Cc1ccc(S(=O)(=O)[O-])cc1. The van der Waals surface area contributed by atoms with Crippen LogP contribution in [-0.4, -0.2) is 55.8 Å². The van der Waals surface area contributed by atoms with Gasteiger partial charge in [-0.1, -0.05) is 82.9 Å². The van der Waals surface area contributed by atoms with Crippen molar-refractivity contribution in [2.24, 2.45) is 0 Å². The Morgan fingerprint density at radius 2 is 1.09 bits per heavy atom. The van der Waals surface area contributed by atoms with E-state index >= 15 is 0 Å². The van der Waals surface area contributed by atoms with Gasteiger partial charge in [0.15, 0.2) is 0 Å². The van der Waals surface area contributed by atoms with Crippen molar-refractivity contribution in [3.63, 3.8) is 0 Å². The Hall–Kier alpha value is -0.950. The Morgan fingerprint density at radius 1 is 0.706 bits per heavy atom. The molecule has 0 saturated carbocycles. The Balaban J connectivity index is 0.000000818.